The van der Waals surface area contributed by atoms with Crippen molar-refractivity contribution in [2.75, 3.05) is 7.11 Å². The summed E-state index contributed by atoms with van der Waals surface area (Å²) in [6.07, 6.45) is 1.69. The molecule has 6 heteroatoms. The lowest BCUT2D eigenvalue weighted by molar-refractivity contribution is 0.399. The fourth-order valence-electron chi connectivity index (χ4n) is 2.51. The highest BCUT2D eigenvalue weighted by Crippen LogP contribution is 2.32. The number of rotatable bonds is 3. The summed E-state index contributed by atoms with van der Waals surface area (Å²) >= 11 is 0. The van der Waals surface area contributed by atoms with Crippen LogP contribution in [0.5, 0.6) is 5.88 Å². The van der Waals surface area contributed by atoms with E-state index >= 15 is 0 Å². The van der Waals surface area contributed by atoms with Gasteiger partial charge in [0, 0.05) is 11.8 Å². The first kappa shape index (κ1) is 13.4. The fourth-order valence-corrected chi connectivity index (χ4v) is 2.51. The van der Waals surface area contributed by atoms with Crippen LogP contribution < -0.4 is 4.74 Å². The van der Waals surface area contributed by atoms with Gasteiger partial charge in [-0.3, -0.25) is 5.10 Å². The van der Waals surface area contributed by atoms with Crippen LogP contribution in [-0.4, -0.2) is 32.5 Å². The summed E-state index contributed by atoms with van der Waals surface area (Å²) in [6, 6.07) is 15.7. The lowest BCUT2D eigenvalue weighted by Crippen LogP contribution is -1.92. The van der Waals surface area contributed by atoms with Gasteiger partial charge in [-0.15, -0.1) is 10.2 Å². The number of fused-ring (bicyclic) bond motifs is 1. The van der Waals surface area contributed by atoms with Crippen LogP contribution >= 0.6 is 0 Å². The third-order valence-corrected chi connectivity index (χ3v) is 3.61. The number of hydrogen-bond donors (Lipinski definition) is 1. The first-order valence-electron chi connectivity index (χ1n) is 7.13. The Morgan fingerprint density at radius 3 is 2.70 bits per heavy atom. The minimum absolute atomic E-state index is 0.527. The third-order valence-electron chi connectivity index (χ3n) is 3.61. The zero-order valence-corrected chi connectivity index (χ0v) is 12.4. The molecule has 0 radical (unpaired) electrons. The number of nitrogens with zero attached hydrogens (tertiary/aromatic N) is 4. The summed E-state index contributed by atoms with van der Waals surface area (Å²) in [7, 11) is 1.59. The minimum Gasteiger partial charge on any atom is -0.481 e. The lowest BCUT2D eigenvalue weighted by atomic mass is 10.1. The summed E-state index contributed by atoms with van der Waals surface area (Å²) in [5.41, 5.74) is 3.99. The number of aromatic nitrogens is 5. The highest BCUT2D eigenvalue weighted by Gasteiger charge is 2.15. The maximum atomic E-state index is 5.33. The van der Waals surface area contributed by atoms with Crippen molar-refractivity contribution in [2.24, 2.45) is 0 Å². The van der Waals surface area contributed by atoms with E-state index in [-0.39, 0.29) is 0 Å². The number of ether oxygens (including phenoxy) is 1. The molecule has 23 heavy (non-hydrogen) atoms. The number of H-pyrrole nitrogens is 1. The van der Waals surface area contributed by atoms with Crippen LogP contribution in [-0.2, 0) is 0 Å². The molecular weight excluding hydrogens is 290 g/mol. The van der Waals surface area contributed by atoms with Gasteiger partial charge >= 0.3 is 0 Å². The zero-order valence-electron chi connectivity index (χ0n) is 12.4. The van der Waals surface area contributed by atoms with E-state index in [9.17, 15) is 0 Å². The normalized spacial score (nSPS) is 10.8. The first-order valence-corrected chi connectivity index (χ1v) is 7.13. The number of methoxy groups -OCH3 is 1. The second-order valence-electron chi connectivity index (χ2n) is 4.99. The molecule has 0 aliphatic carbocycles. The summed E-state index contributed by atoms with van der Waals surface area (Å²) in [5, 5.41) is 16.6. The molecule has 4 rings (SSSR count). The molecule has 3 heterocycles. The van der Waals surface area contributed by atoms with Crippen LogP contribution in [0.15, 0.2) is 54.7 Å². The predicted molar refractivity (Wildman–Crippen MR) is 86.9 cm³/mol. The van der Waals surface area contributed by atoms with E-state index in [2.05, 4.69) is 25.4 Å². The molecule has 0 aliphatic heterocycles. The van der Waals surface area contributed by atoms with E-state index in [1.165, 1.54) is 0 Å². The Morgan fingerprint density at radius 1 is 1.00 bits per heavy atom. The molecule has 1 N–H and O–H groups in total. The van der Waals surface area contributed by atoms with E-state index in [0.717, 1.165) is 27.9 Å². The highest BCUT2D eigenvalue weighted by molar-refractivity contribution is 5.93. The molecular formula is C17H13N5O. The van der Waals surface area contributed by atoms with Gasteiger partial charge in [0.1, 0.15) is 5.69 Å². The number of nitrogens with one attached hydrogen (secondary N) is 1. The van der Waals surface area contributed by atoms with Crippen LogP contribution in [0.25, 0.3) is 33.5 Å². The largest absolute Gasteiger partial charge is 0.481 e. The van der Waals surface area contributed by atoms with Gasteiger partial charge < -0.3 is 4.74 Å². The van der Waals surface area contributed by atoms with Gasteiger partial charge in [-0.05, 0) is 18.2 Å². The van der Waals surface area contributed by atoms with E-state index < -0.39 is 0 Å². The van der Waals surface area contributed by atoms with Crippen molar-refractivity contribution in [3.05, 3.63) is 54.7 Å². The topological polar surface area (TPSA) is 76.6 Å². The summed E-state index contributed by atoms with van der Waals surface area (Å²) in [5.74, 6) is 0.527. The van der Waals surface area contributed by atoms with Crippen LogP contribution in [0.4, 0.5) is 0 Å². The molecule has 0 amide bonds. The van der Waals surface area contributed by atoms with Crippen LogP contribution in [0.3, 0.4) is 0 Å². The Hall–Kier alpha value is -3.28. The summed E-state index contributed by atoms with van der Waals surface area (Å²) in [6.45, 7) is 0. The molecule has 0 saturated carbocycles. The van der Waals surface area contributed by atoms with Crippen molar-refractivity contribution < 1.29 is 4.74 Å². The maximum absolute atomic E-state index is 5.33. The average molecular weight is 303 g/mol. The highest BCUT2D eigenvalue weighted by atomic mass is 16.5. The zero-order chi connectivity index (χ0) is 15.6. The monoisotopic (exact) mass is 303 g/mol. The number of pyridine rings is 1. The van der Waals surface area contributed by atoms with Gasteiger partial charge in [0.2, 0.25) is 5.88 Å². The molecule has 112 valence electrons. The first-order chi connectivity index (χ1) is 11.4. The Morgan fingerprint density at radius 2 is 1.87 bits per heavy atom. The molecule has 1 aromatic carbocycles. The lowest BCUT2D eigenvalue weighted by Gasteiger charge is -2.05. The predicted octanol–water partition coefficient (Wildman–Crippen LogP) is 3.09. The summed E-state index contributed by atoms with van der Waals surface area (Å²) < 4.78 is 5.33. The van der Waals surface area contributed by atoms with Crippen molar-refractivity contribution in [3.63, 3.8) is 0 Å². The van der Waals surface area contributed by atoms with Crippen molar-refractivity contribution in [1.29, 1.82) is 0 Å². The van der Waals surface area contributed by atoms with Gasteiger partial charge in [0.05, 0.1) is 23.8 Å². The molecule has 0 spiro atoms. The Balaban J connectivity index is 1.92. The molecule has 0 unspecified atom stereocenters. The average Bonchev–Trinajstić information content (AvgIpc) is 3.05. The second kappa shape index (κ2) is 5.49. The molecule has 3 aromatic heterocycles. The van der Waals surface area contributed by atoms with Gasteiger partial charge in [-0.1, -0.05) is 30.3 Å². The molecule has 0 fully saturated rings. The van der Waals surface area contributed by atoms with Crippen molar-refractivity contribution >= 4 is 11.0 Å². The van der Waals surface area contributed by atoms with Crippen molar-refractivity contribution in [1.82, 2.24) is 25.4 Å². The molecule has 0 aliphatic rings. The molecule has 4 aromatic rings. The number of aromatic amines is 1. The molecule has 0 saturated heterocycles. The SMILES string of the molecule is COc1ncccc1-c1n[nH]c2nnc(-c3ccccc3)cc12. The Labute approximate surface area is 132 Å². The summed E-state index contributed by atoms with van der Waals surface area (Å²) in [4.78, 5) is 4.23. The quantitative estimate of drug-likeness (QED) is 0.629. The van der Waals surface area contributed by atoms with E-state index in [1.807, 2.05) is 48.5 Å². The molecule has 0 bridgehead atoms. The van der Waals surface area contributed by atoms with Gasteiger partial charge in [0.15, 0.2) is 5.65 Å². The maximum Gasteiger partial charge on any atom is 0.222 e. The van der Waals surface area contributed by atoms with Gasteiger partial charge in [-0.25, -0.2) is 4.98 Å². The van der Waals surface area contributed by atoms with E-state index in [0.29, 0.717) is 11.5 Å². The van der Waals surface area contributed by atoms with Crippen molar-refractivity contribution in [2.45, 2.75) is 0 Å². The smallest absolute Gasteiger partial charge is 0.222 e. The standard InChI is InChI=1S/C17H13N5O/c1-23-17-12(8-5-9-18-17)15-13-10-14(11-6-3-2-4-7-11)19-21-16(13)22-20-15/h2-10H,1H3,(H,20,21,22). The van der Waals surface area contributed by atoms with E-state index in [4.69, 9.17) is 4.74 Å². The van der Waals surface area contributed by atoms with Gasteiger partial charge in [-0.2, -0.15) is 5.10 Å². The fraction of sp³-hybridized carbons (Fsp3) is 0.0588. The van der Waals surface area contributed by atoms with E-state index in [1.54, 1.807) is 13.3 Å². The van der Waals surface area contributed by atoms with Gasteiger partial charge in [0.25, 0.3) is 0 Å². The molecule has 6 nitrogen and oxygen atoms in total. The third kappa shape index (κ3) is 2.30. The Kier molecular flexibility index (Phi) is 3.20. The minimum atomic E-state index is 0.527. The second-order valence-corrected chi connectivity index (χ2v) is 4.99. The molecule has 0 atom stereocenters. The Bertz CT molecular complexity index is 965. The van der Waals surface area contributed by atoms with Crippen LogP contribution in [0.2, 0.25) is 0 Å². The van der Waals surface area contributed by atoms with Crippen LogP contribution in [0.1, 0.15) is 0 Å². The van der Waals surface area contributed by atoms with Crippen LogP contribution in [0, 0.1) is 0 Å². The number of benzene rings is 1. The number of hydrogen-bond acceptors (Lipinski definition) is 5. The van der Waals surface area contributed by atoms with Crippen molar-refractivity contribution in [3.8, 4) is 28.4 Å².